The molecule has 0 saturated heterocycles. The van der Waals surface area contributed by atoms with Gasteiger partial charge in [0, 0.05) is 37.9 Å². The fourth-order valence-corrected chi connectivity index (χ4v) is 3.63. The minimum Gasteiger partial charge on any atom is -0.340 e. The number of benzene rings is 2. The topological polar surface area (TPSA) is 81.0 Å². The molecule has 0 spiro atoms. The minimum absolute atomic E-state index is 0.202. The van der Waals surface area contributed by atoms with Crippen LogP contribution >= 0.6 is 0 Å². The fraction of sp³-hybridized carbons (Fsp3) is 0.167. The van der Waals surface area contributed by atoms with Crippen LogP contribution in [0.3, 0.4) is 0 Å². The first-order valence-electron chi connectivity index (χ1n) is 10.4. The van der Waals surface area contributed by atoms with Gasteiger partial charge in [0.25, 0.3) is 0 Å². The summed E-state index contributed by atoms with van der Waals surface area (Å²) in [6.45, 7) is 1.62. The highest BCUT2D eigenvalue weighted by atomic mass is 16.5. The summed E-state index contributed by atoms with van der Waals surface area (Å²) in [5.74, 6) is 1.25. The van der Waals surface area contributed by atoms with E-state index in [4.69, 9.17) is 4.74 Å². The molecule has 0 radical (unpaired) electrons. The van der Waals surface area contributed by atoms with E-state index in [9.17, 15) is 9.81 Å². The molecule has 9 nitrogen and oxygen atoms in total. The van der Waals surface area contributed by atoms with Gasteiger partial charge in [-0.2, -0.15) is 0 Å². The first-order chi connectivity index (χ1) is 16.3. The summed E-state index contributed by atoms with van der Waals surface area (Å²) in [6.07, 6.45) is 9.98. The molecule has 2 aromatic rings. The standard InChI is InChI=1S/C24H24N6O3/c31-25-15-23-27(17-21-7-3-1-4-8-21)11-13-29(23)19-33-20-30-14-12-28(24(30)16-26-32)18-22-9-5-2-6-10-22/h1-16H,17-20H2/b23-15-,24-16+. The number of nitroso groups, excluding NO2 is 2. The van der Waals surface area contributed by atoms with Crippen molar-refractivity contribution in [1.82, 2.24) is 19.6 Å². The predicted molar refractivity (Wildman–Crippen MR) is 125 cm³/mol. The first-order valence-corrected chi connectivity index (χ1v) is 10.4. The van der Waals surface area contributed by atoms with Gasteiger partial charge in [0.05, 0.1) is 0 Å². The van der Waals surface area contributed by atoms with Crippen molar-refractivity contribution in [2.24, 2.45) is 10.4 Å². The third kappa shape index (κ3) is 5.52. The van der Waals surface area contributed by atoms with Crippen LogP contribution in [0.5, 0.6) is 0 Å². The molecule has 0 amide bonds. The summed E-state index contributed by atoms with van der Waals surface area (Å²) < 4.78 is 5.88. The third-order valence-corrected chi connectivity index (χ3v) is 5.22. The zero-order valence-corrected chi connectivity index (χ0v) is 18.0. The van der Waals surface area contributed by atoms with E-state index in [0.717, 1.165) is 11.1 Å². The molecule has 0 fully saturated rings. The molecule has 0 aliphatic carbocycles. The van der Waals surface area contributed by atoms with Crippen LogP contribution in [0.2, 0.25) is 0 Å². The summed E-state index contributed by atoms with van der Waals surface area (Å²) in [6, 6.07) is 19.9. The number of hydrogen-bond acceptors (Lipinski definition) is 9. The van der Waals surface area contributed by atoms with Crippen LogP contribution in [0.25, 0.3) is 0 Å². The van der Waals surface area contributed by atoms with Crippen LogP contribution in [0.15, 0.2) is 120 Å². The van der Waals surface area contributed by atoms with E-state index in [2.05, 4.69) is 10.4 Å². The Bertz CT molecular complexity index is 983. The lowest BCUT2D eigenvalue weighted by atomic mass is 10.2. The molecule has 0 N–H and O–H groups in total. The molecular weight excluding hydrogens is 420 g/mol. The second-order valence-electron chi connectivity index (χ2n) is 7.41. The molecule has 0 unspecified atom stereocenters. The zero-order chi connectivity index (χ0) is 22.9. The maximum atomic E-state index is 11.0. The minimum atomic E-state index is 0.202. The van der Waals surface area contributed by atoms with E-state index in [1.165, 1.54) is 12.4 Å². The molecule has 2 aliphatic rings. The Morgan fingerprint density at radius 3 is 1.39 bits per heavy atom. The number of ether oxygens (including phenoxy) is 1. The molecule has 168 valence electrons. The van der Waals surface area contributed by atoms with Crippen molar-refractivity contribution in [2.45, 2.75) is 13.1 Å². The van der Waals surface area contributed by atoms with Gasteiger partial charge in [-0.15, -0.1) is 9.81 Å². The molecule has 2 heterocycles. The lowest BCUT2D eigenvalue weighted by Crippen LogP contribution is -2.29. The maximum absolute atomic E-state index is 11.0. The third-order valence-electron chi connectivity index (χ3n) is 5.22. The number of nitrogens with zero attached hydrogens (tertiary/aromatic N) is 6. The molecular formula is C24H24N6O3. The Hall–Kier alpha value is -4.24. The highest BCUT2D eigenvalue weighted by Gasteiger charge is 2.23. The average molecular weight is 444 g/mol. The Labute approximate surface area is 192 Å². The van der Waals surface area contributed by atoms with E-state index in [1.54, 1.807) is 9.80 Å². The Morgan fingerprint density at radius 2 is 1.00 bits per heavy atom. The Kier molecular flexibility index (Phi) is 7.24. The lowest BCUT2D eigenvalue weighted by molar-refractivity contribution is 0.0158. The molecule has 0 bridgehead atoms. The van der Waals surface area contributed by atoms with E-state index in [1.807, 2.05) is 95.3 Å². The van der Waals surface area contributed by atoms with Gasteiger partial charge in [0.15, 0.2) is 0 Å². The molecule has 33 heavy (non-hydrogen) atoms. The second-order valence-corrected chi connectivity index (χ2v) is 7.41. The van der Waals surface area contributed by atoms with Gasteiger partial charge in [-0.25, -0.2) is 0 Å². The Balaban J connectivity index is 1.33. The molecule has 0 saturated carbocycles. The first kappa shape index (κ1) is 22.0. The van der Waals surface area contributed by atoms with Crippen molar-refractivity contribution >= 4 is 0 Å². The molecule has 2 aliphatic heterocycles. The zero-order valence-electron chi connectivity index (χ0n) is 18.0. The van der Waals surface area contributed by atoms with Crippen LogP contribution in [-0.2, 0) is 17.8 Å². The normalized spacial score (nSPS) is 17.6. The quantitative estimate of drug-likeness (QED) is 0.494. The predicted octanol–water partition coefficient (Wildman–Crippen LogP) is 4.63. The monoisotopic (exact) mass is 444 g/mol. The van der Waals surface area contributed by atoms with Crippen LogP contribution in [-0.4, -0.2) is 33.1 Å². The van der Waals surface area contributed by atoms with E-state index in [-0.39, 0.29) is 13.5 Å². The summed E-state index contributed by atoms with van der Waals surface area (Å²) in [4.78, 5) is 29.4. The van der Waals surface area contributed by atoms with Crippen molar-refractivity contribution in [2.75, 3.05) is 13.5 Å². The fourth-order valence-electron chi connectivity index (χ4n) is 3.63. The van der Waals surface area contributed by atoms with Crippen molar-refractivity contribution < 1.29 is 4.74 Å². The lowest BCUT2D eigenvalue weighted by Gasteiger charge is -2.26. The van der Waals surface area contributed by atoms with Crippen LogP contribution in [0, 0.1) is 9.81 Å². The van der Waals surface area contributed by atoms with Gasteiger partial charge < -0.3 is 24.3 Å². The van der Waals surface area contributed by atoms with Crippen molar-refractivity contribution in [1.29, 1.82) is 0 Å². The summed E-state index contributed by atoms with van der Waals surface area (Å²) in [7, 11) is 0. The van der Waals surface area contributed by atoms with Gasteiger partial charge in [0.1, 0.15) is 37.5 Å². The largest absolute Gasteiger partial charge is 0.340 e. The van der Waals surface area contributed by atoms with Crippen LogP contribution in [0.1, 0.15) is 11.1 Å². The van der Waals surface area contributed by atoms with E-state index >= 15 is 0 Å². The molecule has 0 atom stereocenters. The molecule has 2 aromatic carbocycles. The average Bonchev–Trinajstić information content (AvgIpc) is 3.40. The molecule has 0 aromatic heterocycles. The van der Waals surface area contributed by atoms with Crippen molar-refractivity contribution in [3.63, 3.8) is 0 Å². The van der Waals surface area contributed by atoms with E-state index < -0.39 is 0 Å². The van der Waals surface area contributed by atoms with Crippen LogP contribution in [0.4, 0.5) is 0 Å². The van der Waals surface area contributed by atoms with Crippen molar-refractivity contribution in [3.05, 3.63) is 130 Å². The summed E-state index contributed by atoms with van der Waals surface area (Å²) >= 11 is 0. The molecule has 9 heteroatoms. The Morgan fingerprint density at radius 1 is 0.606 bits per heavy atom. The number of rotatable bonds is 10. The van der Waals surface area contributed by atoms with Gasteiger partial charge in [0.2, 0.25) is 0 Å². The van der Waals surface area contributed by atoms with Crippen molar-refractivity contribution in [3.8, 4) is 0 Å². The number of hydrogen-bond donors (Lipinski definition) is 0. The van der Waals surface area contributed by atoms with E-state index in [0.29, 0.717) is 24.7 Å². The van der Waals surface area contributed by atoms with Gasteiger partial charge in [-0.3, -0.25) is 0 Å². The highest BCUT2D eigenvalue weighted by molar-refractivity contribution is 5.21. The molecule has 4 rings (SSSR count). The SMILES string of the molecule is O=N/C=C1\N(COCN2C=CN(Cc3ccccc3)/C2=C\N=O)C=CN1Cc1ccccc1. The second kappa shape index (κ2) is 10.9. The van der Waals surface area contributed by atoms with Gasteiger partial charge in [-0.05, 0) is 21.5 Å². The van der Waals surface area contributed by atoms with Crippen LogP contribution < -0.4 is 0 Å². The highest BCUT2D eigenvalue weighted by Crippen LogP contribution is 2.25. The maximum Gasteiger partial charge on any atom is 0.137 e. The summed E-state index contributed by atoms with van der Waals surface area (Å²) in [5.41, 5.74) is 2.22. The van der Waals surface area contributed by atoms with Gasteiger partial charge in [-0.1, -0.05) is 60.7 Å². The van der Waals surface area contributed by atoms with Gasteiger partial charge >= 0.3 is 0 Å². The smallest absolute Gasteiger partial charge is 0.137 e. The summed E-state index contributed by atoms with van der Waals surface area (Å²) in [5, 5.41) is 5.91.